The second-order valence-corrected chi connectivity index (χ2v) is 2.13. The predicted octanol–water partition coefficient (Wildman–Crippen LogP) is -1.39. The number of nitrogens with one attached hydrogen (secondary N) is 1. The van der Waals surface area contributed by atoms with Crippen molar-refractivity contribution in [3.05, 3.63) is 0 Å². The Morgan fingerprint density at radius 1 is 1.55 bits per heavy atom. The molecule has 0 aliphatic carbocycles. The smallest absolute Gasteiger partial charge is 0.332 e. The molecule has 0 fully saturated rings. The Balaban J connectivity index is 3.66. The van der Waals surface area contributed by atoms with Gasteiger partial charge in [0.1, 0.15) is 5.78 Å². The van der Waals surface area contributed by atoms with Gasteiger partial charge in [-0.3, -0.25) is 4.79 Å². The number of aliphatic carboxylic acids is 1. The summed E-state index contributed by atoms with van der Waals surface area (Å²) in [4.78, 5) is 20.7. The molecule has 0 spiro atoms. The Kier molecular flexibility index (Phi) is 4.40. The zero-order valence-corrected chi connectivity index (χ0v) is 6.20. The number of hydrogen-bond acceptors (Lipinski definition) is 4. The molecule has 5 nitrogen and oxygen atoms in total. The molecule has 0 unspecified atom stereocenters. The van der Waals surface area contributed by atoms with Gasteiger partial charge in [-0.1, -0.05) is 0 Å². The number of carbonyl (C=O) groups excluding carboxylic acids is 1. The highest BCUT2D eigenvalue weighted by Gasteiger charge is 2.16. The van der Waals surface area contributed by atoms with Crippen LogP contribution in [0.4, 0.5) is 0 Å². The first-order valence-electron chi connectivity index (χ1n) is 3.15. The van der Waals surface area contributed by atoms with Crippen LogP contribution in [0.25, 0.3) is 0 Å². The molecule has 0 aromatic rings. The van der Waals surface area contributed by atoms with Crippen LogP contribution in [-0.2, 0) is 9.59 Å². The third-order valence-electron chi connectivity index (χ3n) is 1.08. The lowest BCUT2D eigenvalue weighted by molar-refractivity contribution is -0.148. The molecule has 0 heterocycles. The normalized spacial score (nSPS) is 12.5. The van der Waals surface area contributed by atoms with Crippen LogP contribution < -0.4 is 5.32 Å². The lowest BCUT2D eigenvalue weighted by atomic mass is 10.2. The molecule has 0 saturated carbocycles. The van der Waals surface area contributed by atoms with Gasteiger partial charge in [-0.15, -0.1) is 0 Å². The molecule has 0 amide bonds. The highest BCUT2D eigenvalue weighted by molar-refractivity contribution is 5.86. The van der Waals surface area contributed by atoms with Crippen molar-refractivity contribution in [2.45, 2.75) is 12.5 Å². The van der Waals surface area contributed by atoms with Gasteiger partial charge < -0.3 is 15.5 Å². The summed E-state index contributed by atoms with van der Waals surface area (Å²) in [5.41, 5.74) is 0. The highest BCUT2D eigenvalue weighted by Crippen LogP contribution is 1.91. The molecule has 0 bridgehead atoms. The number of carbonyl (C=O) groups is 2. The summed E-state index contributed by atoms with van der Waals surface area (Å²) < 4.78 is 0. The minimum absolute atomic E-state index is 0.0876. The molecular weight excluding hydrogens is 150 g/mol. The number of likely N-dealkylation sites (N-methyl/N-ethyl adjacent to an activating group) is 1. The second kappa shape index (κ2) is 4.81. The van der Waals surface area contributed by atoms with Crippen molar-refractivity contribution in [2.24, 2.45) is 0 Å². The Labute approximate surface area is 64.0 Å². The molecule has 0 aliphatic heterocycles. The van der Waals surface area contributed by atoms with Gasteiger partial charge in [-0.2, -0.15) is 0 Å². The van der Waals surface area contributed by atoms with Gasteiger partial charge in [0.05, 0.1) is 6.54 Å². The molecular formula is C6H11NO4. The average Bonchev–Trinajstić information content (AvgIpc) is 1.87. The van der Waals surface area contributed by atoms with E-state index in [1.165, 1.54) is 0 Å². The van der Waals surface area contributed by atoms with Gasteiger partial charge in [-0.25, -0.2) is 4.79 Å². The van der Waals surface area contributed by atoms with Crippen LogP contribution in [-0.4, -0.2) is 41.7 Å². The number of hydrogen-bond donors (Lipinski definition) is 3. The number of carboxylic acids is 1. The number of Topliss-reactive ketones (excluding diaryl/α,β-unsaturated/α-hetero) is 1. The number of aliphatic hydroxyl groups is 1. The summed E-state index contributed by atoms with van der Waals surface area (Å²) in [5, 5.41) is 19.4. The minimum atomic E-state index is -1.57. The van der Waals surface area contributed by atoms with Gasteiger partial charge in [0.15, 0.2) is 6.10 Å². The van der Waals surface area contributed by atoms with Crippen molar-refractivity contribution in [3.8, 4) is 0 Å². The topological polar surface area (TPSA) is 86.6 Å². The van der Waals surface area contributed by atoms with Crippen molar-refractivity contribution in [1.29, 1.82) is 0 Å². The van der Waals surface area contributed by atoms with Gasteiger partial charge in [-0.05, 0) is 7.05 Å². The van der Waals surface area contributed by atoms with Gasteiger partial charge in [0.25, 0.3) is 0 Å². The maximum atomic E-state index is 10.7. The standard InChI is InChI=1S/C6H11NO4/c1-7-3-4(8)2-5(9)6(10)11/h5,7,9H,2-3H2,1H3,(H,10,11)/t5-/m1/s1. The van der Waals surface area contributed by atoms with E-state index >= 15 is 0 Å². The fourth-order valence-corrected chi connectivity index (χ4v) is 0.572. The SMILES string of the molecule is CNCC(=O)C[C@@H](O)C(=O)O. The van der Waals surface area contributed by atoms with Crippen molar-refractivity contribution in [3.63, 3.8) is 0 Å². The van der Waals surface area contributed by atoms with Gasteiger partial charge >= 0.3 is 5.97 Å². The first kappa shape index (κ1) is 10.1. The van der Waals surface area contributed by atoms with Crippen LogP contribution in [0.5, 0.6) is 0 Å². The fourth-order valence-electron chi connectivity index (χ4n) is 0.572. The Morgan fingerprint density at radius 3 is 2.45 bits per heavy atom. The number of carboxylic acid groups (broad SMARTS) is 1. The van der Waals surface area contributed by atoms with Crippen molar-refractivity contribution in [1.82, 2.24) is 5.32 Å². The second-order valence-electron chi connectivity index (χ2n) is 2.13. The van der Waals surface area contributed by atoms with E-state index in [0.717, 1.165) is 0 Å². The molecule has 3 N–H and O–H groups in total. The van der Waals surface area contributed by atoms with Crippen LogP contribution >= 0.6 is 0 Å². The van der Waals surface area contributed by atoms with Crippen molar-refractivity contribution < 1.29 is 19.8 Å². The maximum absolute atomic E-state index is 10.7. The molecule has 0 radical (unpaired) electrons. The monoisotopic (exact) mass is 161 g/mol. The van der Waals surface area contributed by atoms with E-state index in [1.807, 2.05) is 0 Å². The first-order valence-corrected chi connectivity index (χ1v) is 3.15. The zero-order chi connectivity index (χ0) is 8.85. The van der Waals surface area contributed by atoms with Crippen LogP contribution in [0.15, 0.2) is 0 Å². The molecule has 0 aromatic heterocycles. The number of rotatable bonds is 5. The molecule has 1 atom stereocenters. The van der Waals surface area contributed by atoms with Crippen molar-refractivity contribution >= 4 is 11.8 Å². The van der Waals surface area contributed by atoms with Gasteiger partial charge in [0, 0.05) is 6.42 Å². The molecule has 0 aliphatic rings. The van der Waals surface area contributed by atoms with E-state index in [-0.39, 0.29) is 18.7 Å². The van der Waals surface area contributed by atoms with Crippen LogP contribution in [0.2, 0.25) is 0 Å². The largest absolute Gasteiger partial charge is 0.479 e. The Morgan fingerprint density at radius 2 is 2.09 bits per heavy atom. The average molecular weight is 161 g/mol. The molecule has 0 aromatic carbocycles. The summed E-state index contributed by atoms with van der Waals surface area (Å²) in [6.07, 6.45) is -1.91. The highest BCUT2D eigenvalue weighted by atomic mass is 16.4. The lowest BCUT2D eigenvalue weighted by Crippen LogP contribution is -2.27. The van der Waals surface area contributed by atoms with E-state index in [2.05, 4.69) is 5.32 Å². The fraction of sp³-hybridized carbons (Fsp3) is 0.667. The third-order valence-corrected chi connectivity index (χ3v) is 1.08. The van der Waals surface area contributed by atoms with E-state index in [4.69, 9.17) is 10.2 Å². The van der Waals surface area contributed by atoms with Gasteiger partial charge in [0.2, 0.25) is 0 Å². The summed E-state index contributed by atoms with van der Waals surface area (Å²) in [6, 6.07) is 0. The summed E-state index contributed by atoms with van der Waals surface area (Å²) in [6.45, 7) is 0.0876. The minimum Gasteiger partial charge on any atom is -0.479 e. The van der Waals surface area contributed by atoms with Crippen LogP contribution in [0.1, 0.15) is 6.42 Å². The quantitative estimate of drug-likeness (QED) is 0.462. The Bertz CT molecular complexity index is 157. The number of ketones is 1. The third kappa shape index (κ3) is 4.46. The summed E-state index contributed by atoms with van der Waals surface area (Å²) in [5.74, 6) is -1.68. The van der Waals surface area contributed by atoms with E-state index in [0.29, 0.717) is 0 Å². The molecule has 0 saturated heterocycles. The molecule has 0 rings (SSSR count). The molecule has 11 heavy (non-hydrogen) atoms. The van der Waals surface area contributed by atoms with E-state index < -0.39 is 12.1 Å². The summed E-state index contributed by atoms with van der Waals surface area (Å²) in [7, 11) is 1.57. The maximum Gasteiger partial charge on any atom is 0.332 e. The summed E-state index contributed by atoms with van der Waals surface area (Å²) >= 11 is 0. The number of aliphatic hydroxyl groups excluding tert-OH is 1. The molecule has 64 valence electrons. The van der Waals surface area contributed by atoms with Crippen molar-refractivity contribution in [2.75, 3.05) is 13.6 Å². The van der Waals surface area contributed by atoms with Crippen LogP contribution in [0.3, 0.4) is 0 Å². The first-order chi connectivity index (χ1) is 5.07. The lowest BCUT2D eigenvalue weighted by Gasteiger charge is -2.02. The Hall–Kier alpha value is -0.940. The van der Waals surface area contributed by atoms with Crippen LogP contribution in [0, 0.1) is 0 Å². The van der Waals surface area contributed by atoms with E-state index in [9.17, 15) is 9.59 Å². The van der Waals surface area contributed by atoms with E-state index in [1.54, 1.807) is 7.05 Å². The zero-order valence-electron chi connectivity index (χ0n) is 6.20. The molecule has 5 heteroatoms. The predicted molar refractivity (Wildman–Crippen MR) is 37.2 cm³/mol.